The number of carbonyl (C=O) groups excluding carboxylic acids is 2. The Morgan fingerprint density at radius 2 is 1.96 bits per heavy atom. The Kier molecular flexibility index (Phi) is 8.98. The third-order valence-corrected chi connectivity index (χ3v) is 8.99. The quantitative estimate of drug-likeness (QED) is 0.296. The number of aromatic amines is 1. The van der Waals surface area contributed by atoms with Crippen LogP contribution in [0.4, 0.5) is 0 Å². The second-order valence-corrected chi connectivity index (χ2v) is 13.1. The fourth-order valence-corrected chi connectivity index (χ4v) is 6.36. The van der Waals surface area contributed by atoms with Crippen LogP contribution in [0.2, 0.25) is 5.02 Å². The van der Waals surface area contributed by atoms with Gasteiger partial charge in [0.2, 0.25) is 11.8 Å². The molecule has 46 heavy (non-hydrogen) atoms. The van der Waals surface area contributed by atoms with E-state index < -0.39 is 17.6 Å². The van der Waals surface area contributed by atoms with Crippen molar-refractivity contribution in [3.05, 3.63) is 70.9 Å². The second-order valence-electron chi connectivity index (χ2n) is 12.7. The Hall–Kier alpha value is -3.60. The summed E-state index contributed by atoms with van der Waals surface area (Å²) in [4.78, 5) is 43.2. The number of hydrogen-bond acceptors (Lipinski definition) is 7. The summed E-state index contributed by atoms with van der Waals surface area (Å²) >= 11 is 6.34. The van der Waals surface area contributed by atoms with Crippen molar-refractivity contribution in [1.29, 1.82) is 0 Å². The molecule has 2 amide bonds. The van der Waals surface area contributed by atoms with Crippen LogP contribution in [0, 0.1) is 0 Å². The van der Waals surface area contributed by atoms with E-state index in [4.69, 9.17) is 26.8 Å². The maximum atomic E-state index is 14.4. The van der Waals surface area contributed by atoms with Gasteiger partial charge in [0.1, 0.15) is 11.6 Å². The third-order valence-electron chi connectivity index (χ3n) is 8.68. The standard InChI is InChI=1S/C35H48ClN7O3/c1-35(2)31(25-12-8-7-9-13-25)46-34(39-35)42-18-19-43(33(45)29(41(5)6)14-10-11-17-40(3)4)30(23-42)32(44)38-21-24-15-16-28-26(20-24)27(36)22-37-28/h7-9,12-13,15-16,20,22,29-31,37H,10-11,14,17-19,21,23H2,1-6H3,(H,38,44)/t29-,30-,31?/m0/s1/i3D,4D,5D,6D. The number of H-pyrrole nitrogens is 1. The summed E-state index contributed by atoms with van der Waals surface area (Å²) in [6.45, 7) is 5.60. The number of likely N-dealkylation sites (N-methyl/N-ethyl adjacent to an activating group) is 1. The molecule has 1 aromatic heterocycles. The van der Waals surface area contributed by atoms with Crippen LogP contribution in [-0.4, -0.2) is 114 Å². The molecule has 1 unspecified atom stereocenters. The van der Waals surface area contributed by atoms with E-state index in [1.54, 1.807) is 16.0 Å². The maximum absolute atomic E-state index is 14.4. The zero-order valence-corrected chi connectivity index (χ0v) is 27.5. The van der Waals surface area contributed by atoms with Gasteiger partial charge in [-0.1, -0.05) is 54.4 Å². The van der Waals surface area contributed by atoms with Gasteiger partial charge in [-0.25, -0.2) is 4.99 Å². The van der Waals surface area contributed by atoms with Gasteiger partial charge in [0.05, 0.1) is 17.6 Å². The Labute approximate surface area is 283 Å². The van der Waals surface area contributed by atoms with Crippen molar-refractivity contribution in [1.82, 2.24) is 29.9 Å². The van der Waals surface area contributed by atoms with Crippen LogP contribution in [0.15, 0.2) is 59.7 Å². The van der Waals surface area contributed by atoms with Gasteiger partial charge in [-0.2, -0.15) is 0 Å². The van der Waals surface area contributed by atoms with Crippen molar-refractivity contribution in [2.24, 2.45) is 4.99 Å². The van der Waals surface area contributed by atoms with Crippen LogP contribution in [0.5, 0.6) is 0 Å². The number of amidine groups is 1. The second kappa shape index (κ2) is 14.4. The molecule has 1 saturated heterocycles. The number of halogens is 1. The first-order chi connectivity index (χ1) is 24.1. The highest BCUT2D eigenvalue weighted by molar-refractivity contribution is 6.35. The molecular weight excluding hydrogens is 602 g/mol. The van der Waals surface area contributed by atoms with Crippen LogP contribution in [0.1, 0.15) is 55.8 Å². The van der Waals surface area contributed by atoms with Crippen molar-refractivity contribution in [2.45, 2.75) is 63.4 Å². The molecule has 2 N–H and O–H groups in total. The van der Waals surface area contributed by atoms with Gasteiger partial charge in [0.25, 0.3) is 6.02 Å². The molecule has 0 spiro atoms. The number of amides is 2. The Bertz CT molecular complexity index is 1620. The summed E-state index contributed by atoms with van der Waals surface area (Å²) in [5.74, 6) is -0.621. The van der Waals surface area contributed by atoms with Gasteiger partial charge >= 0.3 is 0 Å². The lowest BCUT2D eigenvalue weighted by atomic mass is 9.93. The van der Waals surface area contributed by atoms with E-state index in [0.717, 1.165) is 22.0 Å². The van der Waals surface area contributed by atoms with Crippen molar-refractivity contribution < 1.29 is 19.8 Å². The Morgan fingerprint density at radius 1 is 1.15 bits per heavy atom. The first kappa shape index (κ1) is 28.6. The number of hydrogen-bond donors (Lipinski definition) is 2. The number of nitrogens with zero attached hydrogens (tertiary/aromatic N) is 5. The SMILES string of the molecule is [2H]CN(C[2H])CCCC[C@@H](C(=O)N1CCN(C2=NC(C)(C)C(c3ccccc3)O2)C[C@H]1C(=O)NCc1ccc2[nH]cc(Cl)c2c1)N(C[2H])C[2H]. The minimum atomic E-state index is -0.885. The highest BCUT2D eigenvalue weighted by Gasteiger charge is 2.45. The first-order valence-electron chi connectivity index (χ1n) is 18.5. The Balaban J connectivity index is 1.36. The molecule has 10 nitrogen and oxygen atoms in total. The minimum Gasteiger partial charge on any atom is -0.454 e. The number of aliphatic imine (C=N–C) groups is 1. The van der Waals surface area contributed by atoms with E-state index in [1.165, 1.54) is 4.90 Å². The van der Waals surface area contributed by atoms with Crippen LogP contribution in [-0.2, 0) is 20.9 Å². The highest BCUT2D eigenvalue weighted by atomic mass is 35.5. The highest BCUT2D eigenvalue weighted by Crippen LogP contribution is 2.38. The molecule has 3 aromatic rings. The van der Waals surface area contributed by atoms with Crippen molar-refractivity contribution >= 4 is 40.3 Å². The first-order valence-corrected chi connectivity index (χ1v) is 16.0. The van der Waals surface area contributed by atoms with Gasteiger partial charge in [0, 0.05) is 42.2 Å². The summed E-state index contributed by atoms with van der Waals surface area (Å²) < 4.78 is 37.8. The molecular formula is C35H48ClN7O3. The predicted molar refractivity (Wildman–Crippen MR) is 184 cm³/mol. The normalized spacial score (nSPS) is 21.4. The lowest BCUT2D eigenvalue weighted by molar-refractivity contribution is -0.147. The van der Waals surface area contributed by atoms with E-state index >= 15 is 0 Å². The molecule has 0 aliphatic carbocycles. The van der Waals surface area contributed by atoms with Crippen molar-refractivity contribution in [2.75, 3.05) is 54.3 Å². The number of ether oxygens (including phenoxy) is 1. The van der Waals surface area contributed by atoms with Crippen LogP contribution in [0.3, 0.4) is 0 Å². The fraction of sp³-hybridized carbons (Fsp3) is 0.514. The number of fused-ring (bicyclic) bond motifs is 1. The topological polar surface area (TPSA) is 96.5 Å². The number of carbonyl (C=O) groups is 2. The molecule has 11 heteroatoms. The molecule has 0 radical (unpaired) electrons. The smallest absolute Gasteiger partial charge is 0.288 e. The number of piperazine rings is 1. The van der Waals surface area contributed by atoms with E-state index in [2.05, 4.69) is 10.3 Å². The lowest BCUT2D eigenvalue weighted by Crippen LogP contribution is -2.64. The van der Waals surface area contributed by atoms with Crippen LogP contribution in [0.25, 0.3) is 10.9 Å². The van der Waals surface area contributed by atoms with Gasteiger partial charge in [0.15, 0.2) is 6.10 Å². The van der Waals surface area contributed by atoms with E-state index in [0.29, 0.717) is 43.4 Å². The number of rotatable bonds is 11. The zero-order chi connectivity index (χ0) is 35.8. The zero-order valence-electron chi connectivity index (χ0n) is 30.8. The third kappa shape index (κ3) is 7.67. The number of aromatic nitrogens is 1. The predicted octanol–water partition coefficient (Wildman–Crippen LogP) is 4.52. The molecule has 5 rings (SSSR count). The van der Waals surface area contributed by atoms with Crippen molar-refractivity contribution in [3.8, 4) is 0 Å². The van der Waals surface area contributed by atoms with E-state index in [9.17, 15) is 9.59 Å². The molecule has 0 saturated carbocycles. The van der Waals surface area contributed by atoms with Crippen LogP contribution >= 0.6 is 11.6 Å². The minimum absolute atomic E-state index is 0.0306. The molecule has 2 aromatic carbocycles. The van der Waals surface area contributed by atoms with E-state index in [-0.39, 0.29) is 65.6 Å². The number of benzene rings is 2. The molecule has 248 valence electrons. The average Bonchev–Trinajstić information content (AvgIpc) is 3.67. The Morgan fingerprint density at radius 3 is 2.72 bits per heavy atom. The molecule has 2 aliphatic heterocycles. The van der Waals surface area contributed by atoms with Crippen LogP contribution < -0.4 is 5.32 Å². The fourth-order valence-electron chi connectivity index (χ4n) is 6.15. The molecule has 0 bridgehead atoms. The van der Waals surface area contributed by atoms with Gasteiger partial charge in [-0.15, -0.1) is 0 Å². The summed E-state index contributed by atoms with van der Waals surface area (Å²) in [5, 5.41) is 4.49. The summed E-state index contributed by atoms with van der Waals surface area (Å²) in [5.41, 5.74) is 2.20. The number of unbranched alkanes of at least 4 members (excludes halogenated alkanes) is 1. The van der Waals surface area contributed by atoms with Gasteiger partial charge in [-0.3, -0.25) is 14.5 Å². The molecule has 3 heterocycles. The maximum Gasteiger partial charge on any atom is 0.288 e. The lowest BCUT2D eigenvalue weighted by Gasteiger charge is -2.42. The van der Waals surface area contributed by atoms with Gasteiger partial charge in [-0.05, 0) is 84.6 Å². The van der Waals surface area contributed by atoms with Gasteiger partial charge < -0.3 is 29.7 Å². The average molecular weight is 654 g/mol. The molecule has 3 atom stereocenters. The molecule has 1 fully saturated rings. The summed E-state index contributed by atoms with van der Waals surface area (Å²) in [6.07, 6.45) is 3.10. The van der Waals surface area contributed by atoms with E-state index in [1.807, 2.05) is 67.3 Å². The largest absolute Gasteiger partial charge is 0.454 e. The summed E-state index contributed by atoms with van der Waals surface area (Å²) in [6, 6.07) is 14.5. The monoisotopic (exact) mass is 653 g/mol. The number of nitrogens with one attached hydrogen (secondary N) is 2. The molecule has 2 aliphatic rings. The van der Waals surface area contributed by atoms with Crippen molar-refractivity contribution in [3.63, 3.8) is 0 Å². The summed E-state index contributed by atoms with van der Waals surface area (Å²) in [7, 11) is -0.397.